The average Bonchev–Trinajstić information content (AvgIpc) is 2.60. The third-order valence-corrected chi connectivity index (χ3v) is 3.92. The third kappa shape index (κ3) is 8.51. The Labute approximate surface area is 167 Å². The van der Waals surface area contributed by atoms with Crippen LogP contribution >= 0.6 is 12.2 Å². The summed E-state index contributed by atoms with van der Waals surface area (Å²) >= 11 is 5.40. The van der Waals surface area contributed by atoms with Crippen LogP contribution in [0.4, 0.5) is 5.69 Å². The van der Waals surface area contributed by atoms with Crippen LogP contribution in [-0.2, 0) is 4.79 Å². The molecule has 0 spiro atoms. The van der Waals surface area contributed by atoms with Crippen molar-refractivity contribution in [1.82, 2.24) is 10.6 Å². The van der Waals surface area contributed by atoms with Gasteiger partial charge in [0.05, 0.1) is 0 Å². The van der Waals surface area contributed by atoms with E-state index in [-0.39, 0.29) is 17.5 Å². The quantitative estimate of drug-likeness (QED) is 0.390. The number of hydrogen-bond donors (Lipinski definition) is 3. The highest BCUT2D eigenvalue weighted by Crippen LogP contribution is 2.20. The molecule has 0 bridgehead atoms. The van der Waals surface area contributed by atoms with E-state index in [9.17, 15) is 4.79 Å². The lowest BCUT2D eigenvalue weighted by atomic mass is 9.90. The molecule has 0 saturated heterocycles. The van der Waals surface area contributed by atoms with Gasteiger partial charge < -0.3 is 16.0 Å². The number of carbonyl (C=O) groups excluding carboxylic acids is 1. The minimum atomic E-state index is -0.276. The number of anilines is 1. The summed E-state index contributed by atoms with van der Waals surface area (Å²) in [5.41, 5.74) is 1.91. The van der Waals surface area contributed by atoms with Crippen molar-refractivity contribution in [3.8, 4) is 0 Å². The van der Waals surface area contributed by atoms with Crippen LogP contribution < -0.4 is 16.0 Å². The second-order valence-corrected chi connectivity index (χ2v) is 7.94. The maximum atomic E-state index is 12.4. The van der Waals surface area contributed by atoms with E-state index in [2.05, 4.69) is 36.7 Å². The van der Waals surface area contributed by atoms with E-state index in [4.69, 9.17) is 12.2 Å². The van der Waals surface area contributed by atoms with Gasteiger partial charge >= 0.3 is 0 Å². The molecule has 2 rings (SSSR count). The Morgan fingerprint density at radius 2 is 1.59 bits per heavy atom. The highest BCUT2D eigenvalue weighted by atomic mass is 32.1. The number of nitrogens with one attached hydrogen (secondary N) is 3. The molecule has 0 aliphatic heterocycles. The Hall–Kier alpha value is -2.66. The number of benzene rings is 2. The maximum absolute atomic E-state index is 12.4. The number of rotatable bonds is 6. The van der Waals surface area contributed by atoms with E-state index in [1.165, 1.54) is 0 Å². The van der Waals surface area contributed by atoms with Crippen molar-refractivity contribution in [3.05, 3.63) is 72.3 Å². The van der Waals surface area contributed by atoms with E-state index in [0.717, 1.165) is 17.7 Å². The molecule has 0 aliphatic rings. The van der Waals surface area contributed by atoms with Gasteiger partial charge in [-0.25, -0.2) is 0 Å². The van der Waals surface area contributed by atoms with Gasteiger partial charge in [0, 0.05) is 11.8 Å². The van der Waals surface area contributed by atoms with Gasteiger partial charge in [0.15, 0.2) is 5.11 Å². The Bertz CT molecular complexity index is 767. The van der Waals surface area contributed by atoms with Crippen LogP contribution in [-0.4, -0.2) is 17.2 Å². The van der Waals surface area contributed by atoms with Crippen LogP contribution in [0.2, 0.25) is 0 Å². The summed E-state index contributed by atoms with van der Waals surface area (Å²) < 4.78 is 0. The first-order valence-corrected chi connectivity index (χ1v) is 9.39. The van der Waals surface area contributed by atoms with Crippen molar-refractivity contribution in [2.45, 2.75) is 33.4 Å². The molecule has 4 nitrogen and oxygen atoms in total. The van der Waals surface area contributed by atoms with Crippen LogP contribution in [0.3, 0.4) is 0 Å². The Morgan fingerprint density at radius 3 is 2.19 bits per heavy atom. The second-order valence-electron chi connectivity index (χ2n) is 7.53. The molecular formula is C22H27N3OS. The minimum absolute atomic E-state index is 0.0243. The number of hydrogen-bond acceptors (Lipinski definition) is 2. The molecule has 142 valence electrons. The topological polar surface area (TPSA) is 53.2 Å². The van der Waals surface area contributed by atoms with Gasteiger partial charge in [-0.2, -0.15) is 0 Å². The summed E-state index contributed by atoms with van der Waals surface area (Å²) in [5, 5.41) is 9.82. The van der Waals surface area contributed by atoms with Crippen molar-refractivity contribution < 1.29 is 4.79 Å². The highest BCUT2D eigenvalue weighted by molar-refractivity contribution is 7.80. The Kier molecular flexibility index (Phi) is 7.55. The van der Waals surface area contributed by atoms with Crippen LogP contribution in [0.15, 0.2) is 66.7 Å². The molecule has 1 unspecified atom stereocenters. The van der Waals surface area contributed by atoms with Crippen molar-refractivity contribution >= 4 is 35.0 Å². The molecule has 0 radical (unpaired) electrons. The lowest BCUT2D eigenvalue weighted by Crippen LogP contribution is -2.50. The van der Waals surface area contributed by atoms with Gasteiger partial charge in [0.1, 0.15) is 6.17 Å². The van der Waals surface area contributed by atoms with Crippen LogP contribution in [0, 0.1) is 5.41 Å². The van der Waals surface area contributed by atoms with Crippen molar-refractivity contribution in [2.24, 2.45) is 5.41 Å². The first-order valence-electron chi connectivity index (χ1n) is 8.98. The van der Waals surface area contributed by atoms with E-state index < -0.39 is 0 Å². The molecule has 0 fully saturated rings. The molecule has 3 N–H and O–H groups in total. The van der Waals surface area contributed by atoms with Gasteiger partial charge in [0.25, 0.3) is 0 Å². The van der Waals surface area contributed by atoms with Crippen LogP contribution in [0.25, 0.3) is 6.08 Å². The van der Waals surface area contributed by atoms with Gasteiger partial charge in [-0.1, -0.05) is 69.3 Å². The molecule has 1 atom stereocenters. The predicted octanol–water partition coefficient (Wildman–Crippen LogP) is 4.56. The summed E-state index contributed by atoms with van der Waals surface area (Å²) in [5.74, 6) is -0.164. The number of carbonyl (C=O) groups is 1. The maximum Gasteiger partial charge on any atom is 0.245 e. The molecule has 0 saturated carbocycles. The standard InChI is InChI=1S/C22H27N3OS/c1-22(2,3)16-19(25-21(27)23-18-12-8-5-9-13-18)24-20(26)15-14-17-10-6-4-7-11-17/h4-15,19H,16H2,1-3H3,(H,24,26)(H2,23,25,27)/b15-14+. The van der Waals surface area contributed by atoms with Gasteiger partial charge in [-0.15, -0.1) is 0 Å². The van der Waals surface area contributed by atoms with Crippen molar-refractivity contribution in [1.29, 1.82) is 0 Å². The first kappa shape index (κ1) is 20.6. The third-order valence-electron chi connectivity index (χ3n) is 3.70. The summed E-state index contributed by atoms with van der Waals surface area (Å²) in [6.07, 6.45) is 3.79. The molecule has 0 heterocycles. The average molecular weight is 382 g/mol. The Morgan fingerprint density at radius 1 is 1.00 bits per heavy atom. The first-order chi connectivity index (χ1) is 12.8. The van der Waals surface area contributed by atoms with E-state index in [1.54, 1.807) is 12.2 Å². The predicted molar refractivity (Wildman–Crippen MR) is 117 cm³/mol. The summed E-state index contributed by atoms with van der Waals surface area (Å²) in [6.45, 7) is 6.38. The molecule has 0 aliphatic carbocycles. The molecular weight excluding hydrogens is 354 g/mol. The summed E-state index contributed by atoms with van der Waals surface area (Å²) in [4.78, 5) is 12.4. The zero-order valence-electron chi connectivity index (χ0n) is 16.0. The fourth-order valence-corrected chi connectivity index (χ4v) is 2.81. The monoisotopic (exact) mass is 381 g/mol. The molecule has 2 aromatic rings. The normalized spacial score (nSPS) is 12.4. The largest absolute Gasteiger partial charge is 0.342 e. The van der Waals surface area contributed by atoms with E-state index in [1.807, 2.05) is 60.7 Å². The second kappa shape index (κ2) is 9.88. The molecule has 1 amide bonds. The number of thiocarbonyl (C=S) groups is 1. The van der Waals surface area contributed by atoms with Crippen molar-refractivity contribution in [3.63, 3.8) is 0 Å². The summed E-state index contributed by atoms with van der Waals surface area (Å²) in [7, 11) is 0. The van der Waals surface area contributed by atoms with E-state index in [0.29, 0.717) is 5.11 Å². The minimum Gasteiger partial charge on any atom is -0.342 e. The smallest absolute Gasteiger partial charge is 0.245 e. The molecule has 27 heavy (non-hydrogen) atoms. The SMILES string of the molecule is CC(C)(C)CC(NC(=O)/C=C/c1ccccc1)NC(=S)Nc1ccccc1. The zero-order valence-corrected chi connectivity index (χ0v) is 16.8. The lowest BCUT2D eigenvalue weighted by Gasteiger charge is -2.28. The summed E-state index contributed by atoms with van der Waals surface area (Å²) in [6, 6.07) is 19.4. The van der Waals surface area contributed by atoms with E-state index >= 15 is 0 Å². The molecule has 0 aromatic heterocycles. The van der Waals surface area contributed by atoms with Crippen LogP contribution in [0.5, 0.6) is 0 Å². The highest BCUT2D eigenvalue weighted by Gasteiger charge is 2.20. The van der Waals surface area contributed by atoms with Gasteiger partial charge in [0.2, 0.25) is 5.91 Å². The molecule has 5 heteroatoms. The fraction of sp³-hybridized carbons (Fsp3) is 0.273. The lowest BCUT2D eigenvalue weighted by molar-refractivity contribution is -0.117. The van der Waals surface area contributed by atoms with Crippen LogP contribution in [0.1, 0.15) is 32.8 Å². The Balaban J connectivity index is 1.97. The zero-order chi connectivity index (χ0) is 19.7. The van der Waals surface area contributed by atoms with Gasteiger partial charge in [-0.05, 0) is 47.8 Å². The van der Waals surface area contributed by atoms with Crippen molar-refractivity contribution in [2.75, 3.05) is 5.32 Å². The molecule has 2 aromatic carbocycles. The number of amides is 1. The number of para-hydroxylation sites is 1. The van der Waals surface area contributed by atoms with Gasteiger partial charge in [-0.3, -0.25) is 4.79 Å². The fourth-order valence-electron chi connectivity index (χ4n) is 2.55.